The Kier molecular flexibility index (Phi) is 5.56. The number of aromatic amines is 1. The number of H-pyrrole nitrogens is 1. The first-order valence-corrected chi connectivity index (χ1v) is 9.42. The molecule has 1 aromatic heterocycles. The van der Waals surface area contributed by atoms with E-state index in [1.807, 2.05) is 60.7 Å². The molecule has 152 valence electrons. The fourth-order valence-electron chi connectivity index (χ4n) is 3.42. The second kappa shape index (κ2) is 8.60. The number of carbonyl (C=O) groups is 1. The zero-order valence-corrected chi connectivity index (χ0v) is 16.6. The molecule has 8 heteroatoms. The van der Waals surface area contributed by atoms with E-state index < -0.39 is 5.92 Å². The van der Waals surface area contributed by atoms with E-state index in [9.17, 15) is 4.79 Å². The molecule has 0 aliphatic rings. The van der Waals surface area contributed by atoms with Gasteiger partial charge in [-0.05, 0) is 35.6 Å². The topological polar surface area (TPSA) is 102 Å². The minimum absolute atomic E-state index is 0.220. The molecule has 4 aromatic rings. The van der Waals surface area contributed by atoms with Gasteiger partial charge in [0.1, 0.15) is 5.92 Å². The molecule has 8 nitrogen and oxygen atoms in total. The zero-order chi connectivity index (χ0) is 20.9. The summed E-state index contributed by atoms with van der Waals surface area (Å²) in [5, 5.41) is 19.2. The Hall–Kier alpha value is -3.94. The highest BCUT2D eigenvalue weighted by atomic mass is 16.5. The van der Waals surface area contributed by atoms with Crippen LogP contribution in [0.3, 0.4) is 0 Å². The summed E-state index contributed by atoms with van der Waals surface area (Å²) in [5.74, 6) is 0.680. The van der Waals surface area contributed by atoms with Gasteiger partial charge in [0.15, 0.2) is 17.3 Å². The van der Waals surface area contributed by atoms with E-state index in [0.717, 1.165) is 22.0 Å². The van der Waals surface area contributed by atoms with Crippen LogP contribution < -0.4 is 14.8 Å². The highest BCUT2D eigenvalue weighted by Gasteiger charge is 2.26. The van der Waals surface area contributed by atoms with E-state index in [-0.39, 0.29) is 5.91 Å². The number of benzene rings is 3. The molecule has 0 aliphatic heterocycles. The van der Waals surface area contributed by atoms with Gasteiger partial charge >= 0.3 is 0 Å². The Morgan fingerprint density at radius 3 is 2.60 bits per heavy atom. The van der Waals surface area contributed by atoms with Crippen molar-refractivity contribution in [1.82, 2.24) is 20.6 Å². The normalized spacial score (nSPS) is 11.8. The number of nitrogens with zero attached hydrogens (tertiary/aromatic N) is 3. The smallest absolute Gasteiger partial charge is 0.235 e. The molecule has 0 spiro atoms. The molecule has 0 saturated carbocycles. The second-order valence-corrected chi connectivity index (χ2v) is 6.73. The molecule has 0 radical (unpaired) electrons. The van der Waals surface area contributed by atoms with Crippen LogP contribution in [0.5, 0.6) is 11.5 Å². The van der Waals surface area contributed by atoms with E-state index in [0.29, 0.717) is 23.7 Å². The number of tetrazole rings is 1. The Labute approximate surface area is 173 Å². The molecule has 1 atom stereocenters. The third-order valence-electron chi connectivity index (χ3n) is 4.93. The van der Waals surface area contributed by atoms with Crippen molar-refractivity contribution in [3.05, 3.63) is 72.1 Å². The highest BCUT2D eigenvalue weighted by Crippen LogP contribution is 2.30. The van der Waals surface area contributed by atoms with Crippen molar-refractivity contribution < 1.29 is 14.3 Å². The summed E-state index contributed by atoms with van der Waals surface area (Å²) in [7, 11) is 3.16. The SMILES string of the molecule is COc1ccc(C[C@H](C(=O)Nc2cccc3ccccc23)c2nn[nH]n2)cc1OC. The number of aromatic nitrogens is 4. The first-order chi connectivity index (χ1) is 14.7. The van der Waals surface area contributed by atoms with Crippen molar-refractivity contribution >= 4 is 22.4 Å². The number of carbonyl (C=O) groups excluding carboxylic acids is 1. The fourth-order valence-corrected chi connectivity index (χ4v) is 3.42. The standard InChI is InChI=1S/C22H21N5O3/c1-29-19-11-10-14(13-20(19)30-2)12-17(21-24-26-27-25-21)22(28)23-18-9-5-7-15-6-3-4-8-16(15)18/h3-11,13,17H,12H2,1-2H3,(H,23,28)(H,24,25,26,27)/t17-/m0/s1. The van der Waals surface area contributed by atoms with E-state index in [1.165, 1.54) is 0 Å². The molecule has 0 bridgehead atoms. The first kappa shape index (κ1) is 19.4. The Balaban J connectivity index is 1.64. The molecule has 3 aromatic carbocycles. The number of hydrogen-bond donors (Lipinski definition) is 2. The lowest BCUT2D eigenvalue weighted by molar-refractivity contribution is -0.117. The average molecular weight is 403 g/mol. The molecule has 1 heterocycles. The number of rotatable bonds is 7. The van der Waals surface area contributed by atoms with Gasteiger partial charge in [-0.15, -0.1) is 10.2 Å². The minimum atomic E-state index is -0.638. The number of methoxy groups -OCH3 is 2. The highest BCUT2D eigenvalue weighted by molar-refractivity contribution is 6.04. The van der Waals surface area contributed by atoms with Crippen LogP contribution in [-0.4, -0.2) is 40.8 Å². The maximum Gasteiger partial charge on any atom is 0.235 e. The van der Waals surface area contributed by atoms with E-state index >= 15 is 0 Å². The van der Waals surface area contributed by atoms with Gasteiger partial charge in [0.2, 0.25) is 5.91 Å². The van der Waals surface area contributed by atoms with Crippen LogP contribution >= 0.6 is 0 Å². The number of nitrogens with one attached hydrogen (secondary N) is 2. The Morgan fingerprint density at radius 1 is 1.03 bits per heavy atom. The van der Waals surface area contributed by atoms with Gasteiger partial charge in [-0.25, -0.2) is 0 Å². The number of hydrogen-bond acceptors (Lipinski definition) is 6. The predicted octanol–water partition coefficient (Wildman–Crippen LogP) is 3.34. The lowest BCUT2D eigenvalue weighted by Gasteiger charge is -2.16. The first-order valence-electron chi connectivity index (χ1n) is 9.42. The third-order valence-corrected chi connectivity index (χ3v) is 4.93. The molecule has 0 fully saturated rings. The molecule has 0 aliphatic carbocycles. The number of anilines is 1. The molecule has 0 unspecified atom stereocenters. The molecule has 4 rings (SSSR count). The van der Waals surface area contributed by atoms with E-state index in [2.05, 4.69) is 25.9 Å². The van der Waals surface area contributed by atoms with E-state index in [1.54, 1.807) is 14.2 Å². The minimum Gasteiger partial charge on any atom is -0.493 e. The Morgan fingerprint density at radius 2 is 1.83 bits per heavy atom. The van der Waals surface area contributed by atoms with Crippen molar-refractivity contribution in [3.63, 3.8) is 0 Å². The van der Waals surface area contributed by atoms with Crippen LogP contribution in [0.1, 0.15) is 17.3 Å². The van der Waals surface area contributed by atoms with Gasteiger partial charge < -0.3 is 14.8 Å². The quantitative estimate of drug-likeness (QED) is 0.491. The van der Waals surface area contributed by atoms with Gasteiger partial charge in [-0.2, -0.15) is 5.21 Å². The van der Waals surface area contributed by atoms with Crippen molar-refractivity contribution in [2.75, 3.05) is 19.5 Å². The van der Waals surface area contributed by atoms with Crippen LogP contribution in [0.2, 0.25) is 0 Å². The molecule has 30 heavy (non-hydrogen) atoms. The maximum absolute atomic E-state index is 13.2. The molecule has 0 saturated heterocycles. The molecule has 1 amide bonds. The Bertz CT molecular complexity index is 1160. The summed E-state index contributed by atoms with van der Waals surface area (Å²) in [6.07, 6.45) is 0.372. The second-order valence-electron chi connectivity index (χ2n) is 6.73. The molecule has 2 N–H and O–H groups in total. The predicted molar refractivity (Wildman–Crippen MR) is 113 cm³/mol. The van der Waals surface area contributed by atoms with Crippen molar-refractivity contribution in [2.45, 2.75) is 12.3 Å². The number of ether oxygens (including phenoxy) is 2. The largest absolute Gasteiger partial charge is 0.493 e. The zero-order valence-electron chi connectivity index (χ0n) is 16.6. The molecular weight excluding hydrogens is 382 g/mol. The lowest BCUT2D eigenvalue weighted by atomic mass is 9.97. The lowest BCUT2D eigenvalue weighted by Crippen LogP contribution is -2.24. The monoisotopic (exact) mass is 403 g/mol. The van der Waals surface area contributed by atoms with Crippen molar-refractivity contribution in [1.29, 1.82) is 0 Å². The fraction of sp³-hybridized carbons (Fsp3) is 0.182. The third kappa shape index (κ3) is 3.93. The van der Waals surface area contributed by atoms with Crippen LogP contribution in [-0.2, 0) is 11.2 Å². The number of fused-ring (bicyclic) bond motifs is 1. The molecular formula is C22H21N5O3. The maximum atomic E-state index is 13.2. The summed E-state index contributed by atoms with van der Waals surface area (Å²) in [6.45, 7) is 0. The van der Waals surface area contributed by atoms with Crippen LogP contribution in [0.15, 0.2) is 60.7 Å². The van der Waals surface area contributed by atoms with Crippen molar-refractivity contribution in [3.8, 4) is 11.5 Å². The van der Waals surface area contributed by atoms with Crippen LogP contribution in [0.25, 0.3) is 10.8 Å². The summed E-state index contributed by atoms with van der Waals surface area (Å²) in [6, 6.07) is 19.2. The van der Waals surface area contributed by atoms with Gasteiger partial charge in [0.25, 0.3) is 0 Å². The van der Waals surface area contributed by atoms with Crippen LogP contribution in [0.4, 0.5) is 5.69 Å². The van der Waals surface area contributed by atoms with Crippen molar-refractivity contribution in [2.24, 2.45) is 0 Å². The van der Waals surface area contributed by atoms with Crippen LogP contribution in [0, 0.1) is 0 Å². The van der Waals surface area contributed by atoms with E-state index in [4.69, 9.17) is 9.47 Å². The van der Waals surface area contributed by atoms with Gasteiger partial charge in [-0.3, -0.25) is 4.79 Å². The number of amides is 1. The van der Waals surface area contributed by atoms with Gasteiger partial charge in [0.05, 0.1) is 14.2 Å². The summed E-state index contributed by atoms with van der Waals surface area (Å²) in [4.78, 5) is 13.2. The summed E-state index contributed by atoms with van der Waals surface area (Å²) < 4.78 is 10.7. The van der Waals surface area contributed by atoms with Gasteiger partial charge in [0, 0.05) is 11.1 Å². The van der Waals surface area contributed by atoms with Gasteiger partial charge in [-0.1, -0.05) is 47.7 Å². The summed E-state index contributed by atoms with van der Waals surface area (Å²) >= 11 is 0. The average Bonchev–Trinajstić information content (AvgIpc) is 3.32. The summed E-state index contributed by atoms with van der Waals surface area (Å²) in [5.41, 5.74) is 1.62.